The molecule has 3 aliphatic rings. The monoisotopic (exact) mass is 530 g/mol. The molecule has 35 heavy (non-hydrogen) atoms. The van der Waals surface area contributed by atoms with E-state index in [-0.39, 0.29) is 19.2 Å². The molecule has 0 amide bonds. The van der Waals surface area contributed by atoms with Gasteiger partial charge < -0.3 is 33.5 Å². The fourth-order valence-electron chi connectivity index (χ4n) is 4.67. The van der Waals surface area contributed by atoms with Crippen LogP contribution in [0.25, 0.3) is 0 Å². The molecule has 1 heterocycles. The van der Waals surface area contributed by atoms with E-state index in [1.54, 1.807) is 6.08 Å². The summed E-state index contributed by atoms with van der Waals surface area (Å²) in [5.41, 5.74) is 0.128. The van der Waals surface area contributed by atoms with Crippen LogP contribution in [0.5, 0.6) is 0 Å². The average molecular weight is 531 g/mol. The van der Waals surface area contributed by atoms with Crippen molar-refractivity contribution in [1.82, 2.24) is 0 Å². The second-order valence-electron chi connectivity index (χ2n) is 12.5. The van der Waals surface area contributed by atoms with E-state index in [4.69, 9.17) is 28.4 Å². The standard InChI is InChI=1S/C25H46O8Si2/c1-34(2,3)14-12-28-17-30-21-19(24(26)27)16-20-22(33-25(32-20)10-8-7-9-11-25)23(21)31-18-29-13-15-35(4,5)6/h16,20-23H,7-15,17-18H2,1-6H3,(H,26,27)/t20-,21+,22-,23+/m0/s1. The second-order valence-corrected chi connectivity index (χ2v) is 23.7. The molecule has 0 radical (unpaired) electrons. The van der Waals surface area contributed by atoms with Gasteiger partial charge in [0.05, 0.1) is 5.57 Å². The van der Waals surface area contributed by atoms with Crippen LogP contribution in [-0.4, -0.2) is 84.2 Å². The van der Waals surface area contributed by atoms with Crippen LogP contribution >= 0.6 is 0 Å². The molecule has 202 valence electrons. The van der Waals surface area contributed by atoms with E-state index in [1.807, 2.05) is 0 Å². The maximum Gasteiger partial charge on any atom is 0.334 e. The maximum absolute atomic E-state index is 12.2. The van der Waals surface area contributed by atoms with Crippen LogP contribution in [0.1, 0.15) is 32.1 Å². The van der Waals surface area contributed by atoms with Gasteiger partial charge in [0.1, 0.15) is 38.0 Å². The molecule has 0 aromatic rings. The fraction of sp³-hybridized carbons (Fsp3) is 0.880. The van der Waals surface area contributed by atoms with E-state index in [2.05, 4.69) is 39.3 Å². The molecule has 4 atom stereocenters. The first-order valence-electron chi connectivity index (χ1n) is 13.1. The Balaban J connectivity index is 1.70. The van der Waals surface area contributed by atoms with E-state index >= 15 is 0 Å². The SMILES string of the molecule is C[Si](C)(C)CCOCO[C@H]1[C@H]2OC3(CCCCC3)O[C@H]2C=C(C(=O)O)[C@H]1OCOCC[Si](C)(C)C. The number of hydrogen-bond acceptors (Lipinski definition) is 7. The zero-order valence-electron chi connectivity index (χ0n) is 22.5. The van der Waals surface area contributed by atoms with Gasteiger partial charge in [0, 0.05) is 42.2 Å². The van der Waals surface area contributed by atoms with Gasteiger partial charge in [0.15, 0.2) is 5.79 Å². The smallest absolute Gasteiger partial charge is 0.334 e. The number of hydrogen-bond donors (Lipinski definition) is 1. The van der Waals surface area contributed by atoms with Crippen molar-refractivity contribution in [1.29, 1.82) is 0 Å². The molecule has 1 spiro atoms. The predicted molar refractivity (Wildman–Crippen MR) is 139 cm³/mol. The highest BCUT2D eigenvalue weighted by molar-refractivity contribution is 6.76. The Bertz CT molecular complexity index is 724. The molecular weight excluding hydrogens is 484 g/mol. The summed E-state index contributed by atoms with van der Waals surface area (Å²) in [6.07, 6.45) is 4.05. The lowest BCUT2D eigenvalue weighted by molar-refractivity contribution is -0.222. The van der Waals surface area contributed by atoms with Crippen molar-refractivity contribution >= 4 is 22.1 Å². The summed E-state index contributed by atoms with van der Waals surface area (Å²) >= 11 is 0. The molecule has 2 aliphatic carbocycles. The molecule has 0 aromatic carbocycles. The summed E-state index contributed by atoms with van der Waals surface area (Å²) in [6, 6.07) is 2.04. The predicted octanol–water partition coefficient (Wildman–Crippen LogP) is 4.85. The van der Waals surface area contributed by atoms with Gasteiger partial charge in [0.25, 0.3) is 0 Å². The topological polar surface area (TPSA) is 92.7 Å². The highest BCUT2D eigenvalue weighted by Gasteiger charge is 2.55. The lowest BCUT2D eigenvalue weighted by Crippen LogP contribution is -2.51. The van der Waals surface area contributed by atoms with Crippen molar-refractivity contribution < 1.29 is 38.3 Å². The van der Waals surface area contributed by atoms with Gasteiger partial charge in [-0.1, -0.05) is 45.7 Å². The molecule has 1 saturated heterocycles. The number of carboxylic acid groups (broad SMARTS) is 1. The third-order valence-electron chi connectivity index (χ3n) is 6.83. The van der Waals surface area contributed by atoms with Crippen molar-refractivity contribution in [2.75, 3.05) is 26.8 Å². The highest BCUT2D eigenvalue weighted by Crippen LogP contribution is 2.45. The summed E-state index contributed by atoms with van der Waals surface area (Å²) < 4.78 is 36.5. The minimum absolute atomic E-state index is 0.000501. The van der Waals surface area contributed by atoms with Gasteiger partial charge in [0.2, 0.25) is 0 Å². The van der Waals surface area contributed by atoms with E-state index in [0.717, 1.165) is 44.2 Å². The fourth-order valence-corrected chi connectivity index (χ4v) is 6.18. The van der Waals surface area contributed by atoms with Crippen molar-refractivity contribution in [3.63, 3.8) is 0 Å². The Morgan fingerprint density at radius 2 is 1.51 bits per heavy atom. The third-order valence-corrected chi connectivity index (χ3v) is 10.2. The molecule has 1 saturated carbocycles. The number of carboxylic acids is 1. The third kappa shape index (κ3) is 8.74. The van der Waals surface area contributed by atoms with Gasteiger partial charge in [-0.3, -0.25) is 0 Å². The van der Waals surface area contributed by atoms with Gasteiger partial charge >= 0.3 is 5.97 Å². The first-order chi connectivity index (χ1) is 16.4. The van der Waals surface area contributed by atoms with Gasteiger partial charge in [-0.25, -0.2) is 4.79 Å². The number of fused-ring (bicyclic) bond motifs is 1. The Kier molecular flexibility index (Phi) is 10.2. The molecular formula is C25H46O8Si2. The van der Waals surface area contributed by atoms with E-state index in [9.17, 15) is 9.90 Å². The van der Waals surface area contributed by atoms with Gasteiger partial charge in [-0.15, -0.1) is 0 Å². The first-order valence-corrected chi connectivity index (χ1v) is 20.5. The quantitative estimate of drug-likeness (QED) is 0.205. The molecule has 2 fully saturated rings. The Morgan fingerprint density at radius 3 is 2.06 bits per heavy atom. The van der Waals surface area contributed by atoms with Crippen LogP contribution in [0.4, 0.5) is 0 Å². The molecule has 10 heteroatoms. The first kappa shape index (κ1) is 29.0. The molecule has 0 bridgehead atoms. The summed E-state index contributed by atoms with van der Waals surface area (Å²) in [7, 11) is -2.46. The summed E-state index contributed by atoms with van der Waals surface area (Å²) in [4.78, 5) is 12.2. The molecule has 8 nitrogen and oxygen atoms in total. The van der Waals surface area contributed by atoms with Crippen LogP contribution in [0.2, 0.25) is 51.4 Å². The maximum atomic E-state index is 12.2. The lowest BCUT2D eigenvalue weighted by Gasteiger charge is -2.36. The van der Waals surface area contributed by atoms with Crippen molar-refractivity contribution in [3.05, 3.63) is 11.6 Å². The van der Waals surface area contributed by atoms with Crippen LogP contribution in [0.15, 0.2) is 11.6 Å². The average Bonchev–Trinajstić information content (AvgIpc) is 3.09. The Labute approximate surface area is 212 Å². The highest BCUT2D eigenvalue weighted by atomic mass is 28.3. The van der Waals surface area contributed by atoms with Crippen LogP contribution in [0.3, 0.4) is 0 Å². The van der Waals surface area contributed by atoms with Crippen LogP contribution in [0, 0.1) is 0 Å². The van der Waals surface area contributed by atoms with Crippen molar-refractivity contribution in [2.24, 2.45) is 0 Å². The number of ether oxygens (including phenoxy) is 6. The molecule has 1 aliphatic heterocycles. The number of rotatable bonds is 13. The van der Waals surface area contributed by atoms with Crippen LogP contribution < -0.4 is 0 Å². The Hall–Kier alpha value is -0.596. The molecule has 0 aromatic heterocycles. The minimum Gasteiger partial charge on any atom is -0.478 e. The zero-order chi connectivity index (χ0) is 25.7. The van der Waals surface area contributed by atoms with Gasteiger partial charge in [-0.05, 0) is 31.0 Å². The molecule has 3 rings (SSSR count). The zero-order valence-corrected chi connectivity index (χ0v) is 24.5. The normalized spacial score (nSPS) is 28.7. The van der Waals surface area contributed by atoms with E-state index < -0.39 is 52.3 Å². The largest absolute Gasteiger partial charge is 0.478 e. The number of aliphatic carboxylic acids is 1. The minimum atomic E-state index is -1.23. The van der Waals surface area contributed by atoms with Crippen LogP contribution in [-0.2, 0) is 33.2 Å². The molecule has 1 N–H and O–H groups in total. The summed E-state index contributed by atoms with van der Waals surface area (Å²) in [5.74, 6) is -1.71. The van der Waals surface area contributed by atoms with Crippen molar-refractivity contribution in [3.8, 4) is 0 Å². The molecule has 0 unspecified atom stereocenters. The van der Waals surface area contributed by atoms with Crippen molar-refractivity contribution in [2.45, 2.75) is 114 Å². The summed E-state index contributed by atoms with van der Waals surface area (Å²) in [5, 5.41) is 9.99. The summed E-state index contributed by atoms with van der Waals surface area (Å²) in [6.45, 7) is 15.0. The van der Waals surface area contributed by atoms with E-state index in [1.165, 1.54) is 0 Å². The van der Waals surface area contributed by atoms with Gasteiger partial charge in [-0.2, -0.15) is 0 Å². The Morgan fingerprint density at radius 1 is 0.943 bits per heavy atom. The second kappa shape index (κ2) is 12.3. The number of carbonyl (C=O) groups is 1. The van der Waals surface area contributed by atoms with E-state index in [0.29, 0.717) is 13.2 Å². The lowest BCUT2D eigenvalue weighted by atomic mass is 9.89.